The van der Waals surface area contributed by atoms with Crippen LogP contribution in [0.25, 0.3) is 0 Å². The molecule has 0 aliphatic heterocycles. The van der Waals surface area contributed by atoms with Crippen LogP contribution in [0.3, 0.4) is 0 Å². The number of carbonyl (C=O) groups excluding carboxylic acids is 1. The molecule has 1 N–H and O–H groups in total. The standard InChI is InChI=1S/C14H12ClNO3S.C13H13N.2C2H6/c1-10(17)13-9-11(15)7-8-14(13)16-20(18,19)12-5-3-2-4-6-12;1-11(12-7-3-2-4-8-12)13-9-5-6-10-14-13;2*1-2/h2-9,16H,1H3;2-11H,1H3;2*1-2H3. The van der Waals surface area contributed by atoms with E-state index >= 15 is 0 Å². The van der Waals surface area contributed by atoms with Crippen molar-refractivity contribution in [3.63, 3.8) is 0 Å². The molecule has 3 aromatic carbocycles. The van der Waals surface area contributed by atoms with E-state index in [4.69, 9.17) is 11.6 Å². The number of aromatic nitrogens is 1. The number of hydrogen-bond donors (Lipinski definition) is 1. The zero-order chi connectivity index (χ0) is 28.6. The molecule has 202 valence electrons. The maximum Gasteiger partial charge on any atom is 0.261 e. The molecular weight excluding hydrogens is 516 g/mol. The summed E-state index contributed by atoms with van der Waals surface area (Å²) in [6, 6.07) is 28.9. The van der Waals surface area contributed by atoms with Gasteiger partial charge in [-0.25, -0.2) is 8.42 Å². The van der Waals surface area contributed by atoms with E-state index in [0.717, 1.165) is 5.69 Å². The first-order valence-corrected chi connectivity index (χ1v) is 14.5. The minimum atomic E-state index is -3.73. The van der Waals surface area contributed by atoms with Gasteiger partial charge in [0.05, 0.1) is 10.6 Å². The number of pyridine rings is 1. The molecule has 7 heteroatoms. The average molecular weight is 553 g/mol. The highest BCUT2D eigenvalue weighted by atomic mass is 35.5. The zero-order valence-electron chi connectivity index (χ0n) is 22.9. The topological polar surface area (TPSA) is 76.1 Å². The molecule has 1 atom stereocenters. The van der Waals surface area contributed by atoms with Gasteiger partial charge in [-0.15, -0.1) is 0 Å². The Morgan fingerprint density at radius 2 is 1.37 bits per heavy atom. The first kappa shape index (κ1) is 32.5. The molecule has 4 aromatic rings. The molecule has 0 saturated heterocycles. The largest absolute Gasteiger partial charge is 0.294 e. The summed E-state index contributed by atoms with van der Waals surface area (Å²) in [5.41, 5.74) is 2.88. The summed E-state index contributed by atoms with van der Waals surface area (Å²) in [6.45, 7) is 11.5. The second-order valence-electron chi connectivity index (χ2n) is 7.55. The van der Waals surface area contributed by atoms with Crippen LogP contribution in [0.5, 0.6) is 0 Å². The summed E-state index contributed by atoms with van der Waals surface area (Å²) in [4.78, 5) is 16.0. The lowest BCUT2D eigenvalue weighted by Gasteiger charge is -2.11. The molecule has 0 spiro atoms. The van der Waals surface area contributed by atoms with Crippen molar-refractivity contribution in [3.05, 3.63) is 125 Å². The molecule has 0 aliphatic carbocycles. The molecule has 0 amide bonds. The summed E-state index contributed by atoms with van der Waals surface area (Å²) < 4.78 is 26.8. The number of nitrogens with one attached hydrogen (secondary N) is 1. The van der Waals surface area contributed by atoms with Crippen LogP contribution in [-0.4, -0.2) is 19.2 Å². The number of Topliss-reactive ketones (excluding diaryl/α,β-unsaturated/α-hetero) is 1. The van der Waals surface area contributed by atoms with Gasteiger partial charge in [0.1, 0.15) is 0 Å². The van der Waals surface area contributed by atoms with Crippen LogP contribution in [0.15, 0.2) is 108 Å². The van der Waals surface area contributed by atoms with E-state index in [1.165, 1.54) is 42.8 Å². The molecule has 0 saturated carbocycles. The molecule has 0 fully saturated rings. The van der Waals surface area contributed by atoms with Crippen molar-refractivity contribution in [2.24, 2.45) is 0 Å². The molecule has 1 unspecified atom stereocenters. The molecule has 0 radical (unpaired) electrons. The summed E-state index contributed by atoms with van der Waals surface area (Å²) in [5, 5.41) is 0.373. The highest BCUT2D eigenvalue weighted by Crippen LogP contribution is 2.24. The van der Waals surface area contributed by atoms with Gasteiger partial charge in [-0.2, -0.15) is 0 Å². The number of nitrogens with zero attached hydrogens (tertiary/aromatic N) is 1. The van der Waals surface area contributed by atoms with Crippen molar-refractivity contribution in [3.8, 4) is 0 Å². The third-order valence-electron chi connectivity index (χ3n) is 5.09. The summed E-state index contributed by atoms with van der Waals surface area (Å²) >= 11 is 5.82. The van der Waals surface area contributed by atoms with Crippen LogP contribution >= 0.6 is 11.6 Å². The van der Waals surface area contributed by atoms with E-state index in [2.05, 4.69) is 47.0 Å². The zero-order valence-corrected chi connectivity index (χ0v) is 24.4. The highest BCUT2D eigenvalue weighted by Gasteiger charge is 2.17. The molecule has 0 aliphatic rings. The number of benzene rings is 3. The number of anilines is 1. The third kappa shape index (κ3) is 10.1. The van der Waals surface area contributed by atoms with Crippen LogP contribution in [-0.2, 0) is 10.0 Å². The van der Waals surface area contributed by atoms with Crippen molar-refractivity contribution in [2.75, 3.05) is 4.72 Å². The van der Waals surface area contributed by atoms with E-state index in [1.807, 2.05) is 52.1 Å². The second kappa shape index (κ2) is 17.1. The fourth-order valence-electron chi connectivity index (χ4n) is 3.24. The number of ketones is 1. The van der Waals surface area contributed by atoms with Gasteiger partial charge in [0.25, 0.3) is 10.0 Å². The Hall–Kier alpha value is -3.48. The van der Waals surface area contributed by atoms with Gasteiger partial charge in [0.15, 0.2) is 5.78 Å². The molecule has 38 heavy (non-hydrogen) atoms. The van der Waals surface area contributed by atoms with Crippen LogP contribution in [0, 0.1) is 0 Å². The number of rotatable bonds is 6. The van der Waals surface area contributed by atoms with Crippen LogP contribution in [0.1, 0.15) is 69.1 Å². The van der Waals surface area contributed by atoms with E-state index in [0.29, 0.717) is 10.9 Å². The first-order valence-electron chi connectivity index (χ1n) is 12.6. The van der Waals surface area contributed by atoms with Crippen LogP contribution in [0.2, 0.25) is 5.02 Å². The van der Waals surface area contributed by atoms with Gasteiger partial charge in [-0.05, 0) is 55.0 Å². The average Bonchev–Trinajstić information content (AvgIpc) is 2.97. The van der Waals surface area contributed by atoms with E-state index in [-0.39, 0.29) is 21.9 Å². The molecule has 4 rings (SSSR count). The Bertz CT molecular complexity index is 1290. The smallest absolute Gasteiger partial charge is 0.261 e. The molecule has 1 heterocycles. The molecular formula is C31H37ClN2O3S. The Morgan fingerprint density at radius 1 is 0.816 bits per heavy atom. The fourth-order valence-corrected chi connectivity index (χ4v) is 4.52. The predicted octanol–water partition coefficient (Wildman–Crippen LogP) is 8.63. The Morgan fingerprint density at radius 3 is 1.89 bits per heavy atom. The number of hydrogen-bond acceptors (Lipinski definition) is 4. The van der Waals surface area contributed by atoms with Gasteiger partial charge in [-0.1, -0.05) is 101 Å². The third-order valence-corrected chi connectivity index (χ3v) is 6.71. The lowest BCUT2D eigenvalue weighted by Crippen LogP contribution is -2.15. The minimum Gasteiger partial charge on any atom is -0.294 e. The SMILES string of the molecule is CC.CC.CC(=O)c1cc(Cl)ccc1NS(=O)(=O)c1ccccc1.CC(c1ccccc1)c1ccccn1. The number of halogens is 1. The van der Waals surface area contributed by atoms with Crippen molar-refractivity contribution in [1.82, 2.24) is 4.98 Å². The van der Waals surface area contributed by atoms with Gasteiger partial charge >= 0.3 is 0 Å². The van der Waals surface area contributed by atoms with E-state index < -0.39 is 10.0 Å². The van der Waals surface area contributed by atoms with Crippen LogP contribution in [0.4, 0.5) is 5.69 Å². The monoisotopic (exact) mass is 552 g/mol. The van der Waals surface area contributed by atoms with E-state index in [9.17, 15) is 13.2 Å². The summed E-state index contributed by atoms with van der Waals surface area (Å²) in [7, 11) is -3.73. The fraction of sp³-hybridized carbons (Fsp3) is 0.226. The van der Waals surface area contributed by atoms with Crippen molar-refractivity contribution >= 4 is 33.1 Å². The number of sulfonamides is 1. The maximum absolute atomic E-state index is 12.2. The Balaban J connectivity index is 0.000000351. The van der Waals surface area contributed by atoms with E-state index in [1.54, 1.807) is 18.2 Å². The Kier molecular flexibility index (Phi) is 14.7. The lowest BCUT2D eigenvalue weighted by molar-refractivity contribution is 0.101. The van der Waals surface area contributed by atoms with Crippen molar-refractivity contribution in [2.45, 2.75) is 52.4 Å². The number of carbonyl (C=O) groups is 1. The normalized spacial score (nSPS) is 10.7. The maximum atomic E-state index is 12.2. The van der Waals surface area contributed by atoms with Gasteiger partial charge in [-0.3, -0.25) is 14.5 Å². The minimum absolute atomic E-state index is 0.129. The predicted molar refractivity (Wildman–Crippen MR) is 160 cm³/mol. The van der Waals surface area contributed by atoms with Crippen LogP contribution < -0.4 is 4.72 Å². The first-order chi connectivity index (χ1) is 18.3. The van der Waals surface area contributed by atoms with Gasteiger partial charge in [0.2, 0.25) is 0 Å². The van der Waals surface area contributed by atoms with Gasteiger partial charge in [0, 0.05) is 28.4 Å². The van der Waals surface area contributed by atoms with Gasteiger partial charge < -0.3 is 0 Å². The summed E-state index contributed by atoms with van der Waals surface area (Å²) in [5.74, 6) is 0.107. The molecule has 5 nitrogen and oxygen atoms in total. The summed E-state index contributed by atoms with van der Waals surface area (Å²) in [6.07, 6.45) is 1.84. The second-order valence-corrected chi connectivity index (χ2v) is 9.67. The molecule has 1 aromatic heterocycles. The highest BCUT2D eigenvalue weighted by molar-refractivity contribution is 7.92. The lowest BCUT2D eigenvalue weighted by atomic mass is 9.97. The quantitative estimate of drug-likeness (QED) is 0.243. The van der Waals surface area contributed by atoms with Crippen molar-refractivity contribution < 1.29 is 13.2 Å². The Labute approximate surface area is 233 Å². The molecule has 0 bridgehead atoms. The van der Waals surface area contributed by atoms with Crippen molar-refractivity contribution in [1.29, 1.82) is 0 Å².